The molecule has 0 fully saturated rings. The fourth-order valence-corrected chi connectivity index (χ4v) is 4.91. The molecule has 5 nitrogen and oxygen atoms in total. The van der Waals surface area contributed by atoms with E-state index in [1.807, 2.05) is 31.2 Å². The van der Waals surface area contributed by atoms with Crippen molar-refractivity contribution < 1.29 is 13.2 Å². The average Bonchev–Trinajstić information content (AvgIpc) is 2.83. The summed E-state index contributed by atoms with van der Waals surface area (Å²) in [5.41, 5.74) is 3.42. The topological polar surface area (TPSA) is 66.5 Å². The first kappa shape index (κ1) is 22.6. The Balaban J connectivity index is 1.40. The Kier molecular flexibility index (Phi) is 6.47. The number of aryl methyl sites for hydroxylation is 1. The molecule has 0 aliphatic heterocycles. The van der Waals surface area contributed by atoms with Crippen molar-refractivity contribution >= 4 is 32.4 Å². The number of rotatable bonds is 7. The molecule has 0 saturated carbocycles. The van der Waals surface area contributed by atoms with E-state index in [1.165, 1.54) is 11.4 Å². The second-order valence-electron chi connectivity index (χ2n) is 8.04. The molecule has 6 heteroatoms. The molecule has 1 N–H and O–H groups in total. The molecule has 0 unspecified atom stereocenters. The van der Waals surface area contributed by atoms with Gasteiger partial charge in [-0.15, -0.1) is 0 Å². The summed E-state index contributed by atoms with van der Waals surface area (Å²) in [6.07, 6.45) is 0.222. The van der Waals surface area contributed by atoms with Gasteiger partial charge in [-0.05, 0) is 53.1 Å². The first-order chi connectivity index (χ1) is 15.8. The van der Waals surface area contributed by atoms with Crippen LogP contribution in [0.1, 0.15) is 16.7 Å². The molecule has 0 spiro atoms. The van der Waals surface area contributed by atoms with Crippen LogP contribution in [0.3, 0.4) is 0 Å². The first-order valence-corrected chi connectivity index (χ1v) is 12.2. The van der Waals surface area contributed by atoms with E-state index in [0.29, 0.717) is 12.2 Å². The maximum atomic E-state index is 12.9. The molecular formula is C27H26N2O3S. The van der Waals surface area contributed by atoms with Gasteiger partial charge in [0.25, 0.3) is 10.0 Å². The summed E-state index contributed by atoms with van der Waals surface area (Å²) in [6, 6.07) is 27.9. The lowest BCUT2D eigenvalue weighted by Gasteiger charge is -2.20. The minimum atomic E-state index is -3.65. The van der Waals surface area contributed by atoms with Crippen molar-refractivity contribution in [2.75, 3.05) is 11.4 Å². The van der Waals surface area contributed by atoms with Crippen molar-refractivity contribution in [1.29, 1.82) is 0 Å². The molecule has 0 atom stereocenters. The van der Waals surface area contributed by atoms with Gasteiger partial charge >= 0.3 is 0 Å². The summed E-state index contributed by atoms with van der Waals surface area (Å²) >= 11 is 0. The number of fused-ring (bicyclic) bond motifs is 1. The Labute approximate surface area is 194 Å². The van der Waals surface area contributed by atoms with Gasteiger partial charge in [0, 0.05) is 13.6 Å². The number of hydrogen-bond donors (Lipinski definition) is 1. The molecule has 0 heterocycles. The van der Waals surface area contributed by atoms with Gasteiger partial charge in [-0.25, -0.2) is 8.42 Å². The van der Waals surface area contributed by atoms with Gasteiger partial charge in [0.2, 0.25) is 5.91 Å². The van der Waals surface area contributed by atoms with Gasteiger partial charge in [0.05, 0.1) is 17.0 Å². The Bertz CT molecular complexity index is 1370. The third kappa shape index (κ3) is 5.07. The summed E-state index contributed by atoms with van der Waals surface area (Å²) in [6.45, 7) is 2.37. The van der Waals surface area contributed by atoms with Gasteiger partial charge in [-0.2, -0.15) is 0 Å². The minimum absolute atomic E-state index is 0.0867. The van der Waals surface area contributed by atoms with E-state index in [0.717, 1.165) is 27.5 Å². The average molecular weight is 459 g/mol. The van der Waals surface area contributed by atoms with Gasteiger partial charge in [-0.3, -0.25) is 9.10 Å². The molecule has 0 saturated heterocycles. The number of carbonyl (C=O) groups is 1. The second kappa shape index (κ2) is 9.46. The Hall–Kier alpha value is -3.64. The van der Waals surface area contributed by atoms with Crippen LogP contribution in [0.5, 0.6) is 0 Å². The third-order valence-corrected chi connectivity index (χ3v) is 7.50. The van der Waals surface area contributed by atoms with Crippen molar-refractivity contribution in [3.8, 4) is 0 Å². The van der Waals surface area contributed by atoms with Crippen LogP contribution in [-0.4, -0.2) is 21.4 Å². The third-order valence-electron chi connectivity index (χ3n) is 5.70. The minimum Gasteiger partial charge on any atom is -0.352 e. The van der Waals surface area contributed by atoms with E-state index in [2.05, 4.69) is 23.5 Å². The summed E-state index contributed by atoms with van der Waals surface area (Å²) in [5, 5.41) is 5.25. The monoisotopic (exact) mass is 458 g/mol. The fourth-order valence-electron chi connectivity index (χ4n) is 3.72. The van der Waals surface area contributed by atoms with Crippen molar-refractivity contribution in [2.45, 2.75) is 24.8 Å². The molecule has 4 rings (SSSR count). The number of amides is 1. The molecular weight excluding hydrogens is 432 g/mol. The van der Waals surface area contributed by atoms with E-state index in [1.54, 1.807) is 48.5 Å². The molecule has 1 amide bonds. The number of nitrogens with one attached hydrogen (secondary N) is 1. The van der Waals surface area contributed by atoms with E-state index >= 15 is 0 Å². The van der Waals surface area contributed by atoms with E-state index in [9.17, 15) is 13.2 Å². The Morgan fingerprint density at radius 3 is 2.24 bits per heavy atom. The summed E-state index contributed by atoms with van der Waals surface area (Å²) < 4.78 is 27.0. The summed E-state index contributed by atoms with van der Waals surface area (Å²) in [5.74, 6) is -0.0867. The molecule has 0 aliphatic carbocycles. The quantitative estimate of drug-likeness (QED) is 0.431. The maximum Gasteiger partial charge on any atom is 0.264 e. The number of sulfonamides is 1. The van der Waals surface area contributed by atoms with Gasteiger partial charge in [0.1, 0.15) is 0 Å². The maximum absolute atomic E-state index is 12.9. The van der Waals surface area contributed by atoms with Gasteiger partial charge < -0.3 is 5.32 Å². The molecule has 168 valence electrons. The molecule has 4 aromatic carbocycles. The predicted molar refractivity (Wildman–Crippen MR) is 133 cm³/mol. The highest BCUT2D eigenvalue weighted by molar-refractivity contribution is 7.92. The standard InChI is InChI=1S/C27H26N2O3S/c1-20-10-16-25(17-11-20)33(31,32)29(2)24-14-12-21(13-15-24)18-27(30)28-19-23-8-5-7-22-6-3-4-9-26(22)23/h3-17H,18-19H2,1-2H3,(H,28,30). The zero-order valence-electron chi connectivity index (χ0n) is 18.7. The molecule has 0 aromatic heterocycles. The largest absolute Gasteiger partial charge is 0.352 e. The zero-order chi connectivity index (χ0) is 23.4. The molecule has 0 bridgehead atoms. The normalized spacial score (nSPS) is 11.3. The van der Waals surface area contributed by atoms with Crippen LogP contribution < -0.4 is 9.62 Å². The zero-order valence-corrected chi connectivity index (χ0v) is 19.5. The van der Waals surface area contributed by atoms with Crippen molar-refractivity contribution in [1.82, 2.24) is 5.32 Å². The Morgan fingerprint density at radius 2 is 1.52 bits per heavy atom. The van der Waals surface area contributed by atoms with E-state index in [-0.39, 0.29) is 17.2 Å². The van der Waals surface area contributed by atoms with Crippen LogP contribution in [-0.2, 0) is 27.8 Å². The van der Waals surface area contributed by atoms with Crippen molar-refractivity contribution in [3.63, 3.8) is 0 Å². The number of nitrogens with zero attached hydrogens (tertiary/aromatic N) is 1. The van der Waals surface area contributed by atoms with Crippen LogP contribution in [0, 0.1) is 6.92 Å². The highest BCUT2D eigenvalue weighted by Gasteiger charge is 2.21. The molecule has 33 heavy (non-hydrogen) atoms. The Morgan fingerprint density at radius 1 is 0.848 bits per heavy atom. The van der Waals surface area contributed by atoms with E-state index < -0.39 is 10.0 Å². The lowest BCUT2D eigenvalue weighted by molar-refractivity contribution is -0.120. The van der Waals surface area contributed by atoms with Crippen LogP contribution in [0.25, 0.3) is 10.8 Å². The van der Waals surface area contributed by atoms with Crippen molar-refractivity contribution in [2.24, 2.45) is 0 Å². The summed E-state index contributed by atoms with van der Waals surface area (Å²) in [7, 11) is -2.12. The van der Waals surface area contributed by atoms with Crippen LogP contribution >= 0.6 is 0 Å². The highest BCUT2D eigenvalue weighted by atomic mass is 32.2. The number of anilines is 1. The first-order valence-electron chi connectivity index (χ1n) is 10.7. The van der Waals surface area contributed by atoms with Crippen LogP contribution in [0.4, 0.5) is 5.69 Å². The predicted octanol–water partition coefficient (Wildman–Crippen LogP) is 4.83. The van der Waals surface area contributed by atoms with E-state index in [4.69, 9.17) is 0 Å². The molecule has 4 aromatic rings. The van der Waals surface area contributed by atoms with Crippen LogP contribution in [0.2, 0.25) is 0 Å². The smallest absolute Gasteiger partial charge is 0.264 e. The highest BCUT2D eigenvalue weighted by Crippen LogP contribution is 2.23. The van der Waals surface area contributed by atoms with Gasteiger partial charge in [-0.1, -0.05) is 72.3 Å². The number of benzene rings is 4. The molecule has 0 radical (unpaired) electrons. The number of carbonyl (C=O) groups excluding carboxylic acids is 1. The fraction of sp³-hybridized carbons (Fsp3) is 0.148. The SMILES string of the molecule is Cc1ccc(S(=O)(=O)N(C)c2ccc(CC(=O)NCc3cccc4ccccc34)cc2)cc1. The molecule has 0 aliphatic rings. The van der Waals surface area contributed by atoms with Crippen LogP contribution in [0.15, 0.2) is 95.9 Å². The lowest BCUT2D eigenvalue weighted by atomic mass is 10.0. The number of hydrogen-bond acceptors (Lipinski definition) is 3. The summed E-state index contributed by atoms with van der Waals surface area (Å²) in [4.78, 5) is 12.7. The lowest BCUT2D eigenvalue weighted by Crippen LogP contribution is -2.26. The van der Waals surface area contributed by atoms with Gasteiger partial charge in [0.15, 0.2) is 0 Å². The van der Waals surface area contributed by atoms with Crippen molar-refractivity contribution in [3.05, 3.63) is 108 Å². The second-order valence-corrected chi connectivity index (χ2v) is 10.0.